The van der Waals surface area contributed by atoms with Crippen molar-refractivity contribution in [2.24, 2.45) is 5.41 Å². The first kappa shape index (κ1) is 13.5. The van der Waals surface area contributed by atoms with Gasteiger partial charge in [-0.3, -0.25) is 4.79 Å². The average Bonchev–Trinajstić information content (AvgIpc) is 2.47. The molecule has 1 saturated carbocycles. The molecule has 1 aliphatic carbocycles. The summed E-state index contributed by atoms with van der Waals surface area (Å²) in [5, 5.41) is 0. The molecular formula is C15H19FN2O2. The Kier molecular flexibility index (Phi) is 3.46. The van der Waals surface area contributed by atoms with E-state index in [-0.39, 0.29) is 17.0 Å². The minimum absolute atomic E-state index is 0.0691. The SMILES string of the molecule is COC1CCC12CCN(C(=O)c1ncccc1F)CC2. The molecule has 1 aromatic heterocycles. The molecule has 0 radical (unpaired) electrons. The number of aromatic nitrogens is 1. The molecule has 2 heterocycles. The molecule has 3 rings (SSSR count). The number of nitrogens with zero attached hydrogens (tertiary/aromatic N) is 2. The number of pyridine rings is 1. The van der Waals surface area contributed by atoms with Gasteiger partial charge in [-0.15, -0.1) is 0 Å². The normalized spacial score (nSPS) is 24.5. The highest BCUT2D eigenvalue weighted by Gasteiger charge is 2.49. The van der Waals surface area contributed by atoms with Crippen LogP contribution in [0.25, 0.3) is 0 Å². The van der Waals surface area contributed by atoms with Gasteiger partial charge in [-0.1, -0.05) is 0 Å². The fourth-order valence-corrected chi connectivity index (χ4v) is 3.46. The molecule has 1 saturated heterocycles. The van der Waals surface area contributed by atoms with Gasteiger partial charge in [0.15, 0.2) is 11.5 Å². The van der Waals surface area contributed by atoms with Crippen LogP contribution < -0.4 is 0 Å². The number of hydrogen-bond donors (Lipinski definition) is 0. The summed E-state index contributed by atoms with van der Waals surface area (Å²) in [4.78, 5) is 17.9. The van der Waals surface area contributed by atoms with Gasteiger partial charge in [0.05, 0.1) is 6.10 Å². The number of halogens is 1. The number of hydrogen-bond acceptors (Lipinski definition) is 3. The second-order valence-corrected chi connectivity index (χ2v) is 5.75. The third kappa shape index (κ3) is 2.10. The number of piperidine rings is 1. The Morgan fingerprint density at radius 1 is 1.45 bits per heavy atom. The summed E-state index contributed by atoms with van der Waals surface area (Å²) < 4.78 is 19.1. The Morgan fingerprint density at radius 3 is 2.75 bits per heavy atom. The van der Waals surface area contributed by atoms with Crippen molar-refractivity contribution >= 4 is 5.91 Å². The highest BCUT2D eigenvalue weighted by atomic mass is 19.1. The Labute approximate surface area is 117 Å². The van der Waals surface area contributed by atoms with Crippen LogP contribution in [-0.4, -0.2) is 42.1 Å². The van der Waals surface area contributed by atoms with Gasteiger partial charge in [0, 0.05) is 31.8 Å². The molecule has 0 bridgehead atoms. The number of rotatable bonds is 2. The van der Waals surface area contributed by atoms with Crippen LogP contribution in [0.5, 0.6) is 0 Å². The van der Waals surface area contributed by atoms with E-state index in [1.54, 1.807) is 12.0 Å². The third-order valence-corrected chi connectivity index (χ3v) is 4.88. The van der Waals surface area contributed by atoms with E-state index in [9.17, 15) is 9.18 Å². The highest BCUT2D eigenvalue weighted by Crippen LogP contribution is 2.50. The lowest BCUT2D eigenvalue weighted by atomic mass is 9.61. The van der Waals surface area contributed by atoms with Gasteiger partial charge in [0.2, 0.25) is 0 Å². The van der Waals surface area contributed by atoms with E-state index < -0.39 is 5.82 Å². The van der Waals surface area contributed by atoms with Crippen LogP contribution in [0.1, 0.15) is 36.2 Å². The first-order valence-electron chi connectivity index (χ1n) is 7.09. The molecule has 2 aliphatic rings. The van der Waals surface area contributed by atoms with Crippen LogP contribution in [0.15, 0.2) is 18.3 Å². The van der Waals surface area contributed by atoms with E-state index in [1.807, 2.05) is 0 Å². The number of carbonyl (C=O) groups is 1. The predicted molar refractivity (Wildman–Crippen MR) is 71.8 cm³/mol. The molecule has 2 fully saturated rings. The van der Waals surface area contributed by atoms with Crippen molar-refractivity contribution in [3.63, 3.8) is 0 Å². The molecular weight excluding hydrogens is 259 g/mol. The second kappa shape index (κ2) is 5.13. The molecule has 1 atom stereocenters. The van der Waals surface area contributed by atoms with E-state index in [1.165, 1.54) is 24.8 Å². The Bertz CT molecular complexity index is 510. The van der Waals surface area contributed by atoms with Crippen molar-refractivity contribution in [2.75, 3.05) is 20.2 Å². The van der Waals surface area contributed by atoms with Crippen molar-refractivity contribution in [1.82, 2.24) is 9.88 Å². The number of likely N-dealkylation sites (tertiary alicyclic amines) is 1. The third-order valence-electron chi connectivity index (χ3n) is 4.88. The molecule has 1 spiro atoms. The first-order valence-corrected chi connectivity index (χ1v) is 7.09. The van der Waals surface area contributed by atoms with Gasteiger partial charge in [0.1, 0.15) is 0 Å². The lowest BCUT2D eigenvalue weighted by Crippen LogP contribution is -2.54. The van der Waals surface area contributed by atoms with Gasteiger partial charge in [-0.25, -0.2) is 9.37 Å². The number of amides is 1. The van der Waals surface area contributed by atoms with E-state index in [2.05, 4.69) is 4.98 Å². The van der Waals surface area contributed by atoms with Crippen molar-refractivity contribution in [2.45, 2.75) is 31.8 Å². The van der Waals surface area contributed by atoms with Gasteiger partial charge in [-0.2, -0.15) is 0 Å². The minimum atomic E-state index is -0.545. The van der Waals surface area contributed by atoms with Crippen molar-refractivity contribution in [1.29, 1.82) is 0 Å². The molecule has 20 heavy (non-hydrogen) atoms. The molecule has 1 unspecified atom stereocenters. The molecule has 0 aromatic carbocycles. The average molecular weight is 278 g/mol. The summed E-state index contributed by atoms with van der Waals surface area (Å²) in [6, 6.07) is 2.77. The summed E-state index contributed by atoms with van der Waals surface area (Å²) in [7, 11) is 1.76. The Hall–Kier alpha value is -1.49. The van der Waals surface area contributed by atoms with E-state index in [0.717, 1.165) is 19.3 Å². The zero-order valence-corrected chi connectivity index (χ0v) is 11.6. The molecule has 1 amide bonds. The molecule has 0 N–H and O–H groups in total. The van der Waals surface area contributed by atoms with Gasteiger partial charge < -0.3 is 9.64 Å². The first-order chi connectivity index (χ1) is 9.66. The van der Waals surface area contributed by atoms with Gasteiger partial charge in [-0.05, 0) is 37.8 Å². The maximum atomic E-state index is 13.6. The zero-order chi connectivity index (χ0) is 14.2. The summed E-state index contributed by atoms with van der Waals surface area (Å²) in [6.45, 7) is 1.32. The van der Waals surface area contributed by atoms with Gasteiger partial charge >= 0.3 is 0 Å². The summed E-state index contributed by atoms with van der Waals surface area (Å²) in [5.74, 6) is -0.845. The Morgan fingerprint density at radius 2 is 2.20 bits per heavy atom. The van der Waals surface area contributed by atoms with Gasteiger partial charge in [0.25, 0.3) is 5.91 Å². The number of carbonyl (C=O) groups excluding carboxylic acids is 1. The molecule has 108 valence electrons. The monoisotopic (exact) mass is 278 g/mol. The number of methoxy groups -OCH3 is 1. The summed E-state index contributed by atoms with van der Waals surface area (Å²) in [5.41, 5.74) is 0.175. The van der Waals surface area contributed by atoms with Crippen LogP contribution in [0.2, 0.25) is 0 Å². The Balaban J connectivity index is 1.67. The predicted octanol–water partition coefficient (Wildman–Crippen LogP) is 2.25. The summed E-state index contributed by atoms with van der Waals surface area (Å²) >= 11 is 0. The fourth-order valence-electron chi connectivity index (χ4n) is 3.46. The summed E-state index contributed by atoms with van der Waals surface area (Å²) in [6.07, 6.45) is 5.93. The number of ether oxygens (including phenoxy) is 1. The van der Waals surface area contributed by atoms with Crippen LogP contribution in [0, 0.1) is 11.2 Å². The second-order valence-electron chi connectivity index (χ2n) is 5.75. The highest BCUT2D eigenvalue weighted by molar-refractivity contribution is 5.92. The topological polar surface area (TPSA) is 42.4 Å². The minimum Gasteiger partial charge on any atom is -0.381 e. The van der Waals surface area contributed by atoms with Crippen molar-refractivity contribution < 1.29 is 13.9 Å². The lowest BCUT2D eigenvalue weighted by Gasteiger charge is -2.53. The van der Waals surface area contributed by atoms with Crippen LogP contribution >= 0.6 is 0 Å². The van der Waals surface area contributed by atoms with Crippen LogP contribution in [-0.2, 0) is 4.74 Å². The molecule has 5 heteroatoms. The van der Waals surface area contributed by atoms with Crippen molar-refractivity contribution in [3.05, 3.63) is 29.8 Å². The fraction of sp³-hybridized carbons (Fsp3) is 0.600. The lowest BCUT2D eigenvalue weighted by molar-refractivity contribution is -0.116. The van der Waals surface area contributed by atoms with E-state index >= 15 is 0 Å². The zero-order valence-electron chi connectivity index (χ0n) is 11.6. The smallest absolute Gasteiger partial charge is 0.275 e. The van der Waals surface area contributed by atoms with E-state index in [4.69, 9.17) is 4.74 Å². The largest absolute Gasteiger partial charge is 0.381 e. The maximum absolute atomic E-state index is 13.6. The van der Waals surface area contributed by atoms with Crippen LogP contribution in [0.3, 0.4) is 0 Å². The quantitative estimate of drug-likeness (QED) is 0.833. The molecule has 1 aromatic rings. The standard InChI is InChI=1S/C15H19FN2O2/c1-20-12-4-5-15(12)6-9-18(10-7-15)14(19)13-11(16)3-2-8-17-13/h2-3,8,12H,4-7,9-10H2,1H3. The van der Waals surface area contributed by atoms with E-state index in [0.29, 0.717) is 19.2 Å². The van der Waals surface area contributed by atoms with Crippen molar-refractivity contribution in [3.8, 4) is 0 Å². The molecule has 4 nitrogen and oxygen atoms in total. The molecule has 1 aliphatic heterocycles. The van der Waals surface area contributed by atoms with Crippen LogP contribution in [0.4, 0.5) is 4.39 Å². The maximum Gasteiger partial charge on any atom is 0.275 e.